The molecule has 0 aliphatic carbocycles. The van der Waals surface area contributed by atoms with E-state index in [1.54, 1.807) is 12.1 Å². The van der Waals surface area contributed by atoms with Gasteiger partial charge in [0.2, 0.25) is 5.56 Å². The minimum Gasteiger partial charge on any atom is -0.506 e. The van der Waals surface area contributed by atoms with Crippen LogP contribution in [0.1, 0.15) is 70.0 Å². The molecule has 4 rings (SSSR count). The summed E-state index contributed by atoms with van der Waals surface area (Å²) in [5.41, 5.74) is 0.828. The number of fused-ring (bicyclic) bond motifs is 1. The predicted octanol–water partition coefficient (Wildman–Crippen LogP) is 3.61. The van der Waals surface area contributed by atoms with E-state index in [-0.39, 0.29) is 11.3 Å². The number of rotatable bonds is 11. The molecule has 2 aliphatic rings. The highest BCUT2D eigenvalue weighted by Gasteiger charge is 2.21. The van der Waals surface area contributed by atoms with E-state index in [1.165, 1.54) is 76.8 Å². The number of pyridine rings is 1. The second-order valence-corrected chi connectivity index (χ2v) is 10.8. The van der Waals surface area contributed by atoms with Crippen molar-refractivity contribution in [3.05, 3.63) is 40.2 Å². The number of nitrogens with zero attached hydrogens (tertiary/aromatic N) is 2. The lowest BCUT2D eigenvalue weighted by Gasteiger charge is -2.33. The van der Waals surface area contributed by atoms with Crippen molar-refractivity contribution in [2.24, 2.45) is 5.92 Å². The molecule has 0 amide bonds. The van der Waals surface area contributed by atoms with Crippen molar-refractivity contribution in [1.29, 1.82) is 0 Å². The Hall–Kier alpha value is -1.93. The highest BCUT2D eigenvalue weighted by Crippen LogP contribution is 2.28. The monoisotopic (exact) mass is 484 g/mol. The standard InChI is InChI=1S/C28H44N4O3/c1-21-10-16-31(17-11-21)14-4-2-3-5-15-32-18-12-22(13-19-32)29-20-26(34)23-6-8-25(33)28-24(23)7-9-27(35)30-28/h6-9,21-22,26,29,33-34H,2-5,10-20H2,1H3,(H,30,35)/t26-/m0/s1. The number of phenols is 1. The molecule has 7 nitrogen and oxygen atoms in total. The van der Waals surface area contributed by atoms with Crippen molar-refractivity contribution in [3.8, 4) is 5.75 Å². The average Bonchev–Trinajstić information content (AvgIpc) is 2.87. The van der Waals surface area contributed by atoms with E-state index >= 15 is 0 Å². The molecule has 7 heteroatoms. The summed E-state index contributed by atoms with van der Waals surface area (Å²) in [4.78, 5) is 19.5. The normalized spacial score (nSPS) is 19.9. The van der Waals surface area contributed by atoms with E-state index in [0.717, 1.165) is 31.8 Å². The van der Waals surface area contributed by atoms with Crippen LogP contribution in [0.3, 0.4) is 0 Å². The summed E-state index contributed by atoms with van der Waals surface area (Å²) in [6, 6.07) is 6.77. The zero-order valence-corrected chi connectivity index (χ0v) is 21.3. The van der Waals surface area contributed by atoms with E-state index in [4.69, 9.17) is 0 Å². The first kappa shape index (κ1) is 26.1. The SMILES string of the molecule is CC1CCN(CCCCCCN2CCC(NC[C@H](O)c3ccc(O)c4[nH]c(=O)ccc34)CC2)CC1. The van der Waals surface area contributed by atoms with Crippen LogP contribution in [-0.4, -0.2) is 76.9 Å². The highest BCUT2D eigenvalue weighted by atomic mass is 16.3. The number of aliphatic hydroxyl groups excluding tert-OH is 1. The van der Waals surface area contributed by atoms with Crippen molar-refractivity contribution in [2.45, 2.75) is 70.4 Å². The highest BCUT2D eigenvalue weighted by molar-refractivity contribution is 5.87. The van der Waals surface area contributed by atoms with Gasteiger partial charge in [0, 0.05) is 24.0 Å². The minimum absolute atomic E-state index is 0.0191. The predicted molar refractivity (Wildman–Crippen MR) is 142 cm³/mol. The molecule has 0 spiro atoms. The molecule has 1 aromatic carbocycles. The van der Waals surface area contributed by atoms with Crippen molar-refractivity contribution >= 4 is 10.9 Å². The lowest BCUT2D eigenvalue weighted by molar-refractivity contribution is 0.151. The van der Waals surface area contributed by atoms with Crippen molar-refractivity contribution in [2.75, 3.05) is 45.8 Å². The number of aromatic amines is 1. The lowest BCUT2D eigenvalue weighted by Crippen LogP contribution is -2.43. The molecule has 0 saturated carbocycles. The van der Waals surface area contributed by atoms with Gasteiger partial charge in [-0.1, -0.05) is 25.8 Å². The molecule has 35 heavy (non-hydrogen) atoms. The third-order valence-electron chi connectivity index (χ3n) is 8.03. The number of unbranched alkanes of at least 4 members (excludes halogenated alkanes) is 3. The first-order chi connectivity index (χ1) is 17.0. The fourth-order valence-corrected chi connectivity index (χ4v) is 5.61. The number of benzene rings is 1. The van der Waals surface area contributed by atoms with Gasteiger partial charge in [-0.2, -0.15) is 0 Å². The van der Waals surface area contributed by atoms with E-state index in [9.17, 15) is 15.0 Å². The fourth-order valence-electron chi connectivity index (χ4n) is 5.61. The van der Waals surface area contributed by atoms with Gasteiger partial charge in [0.25, 0.3) is 0 Å². The molecule has 2 aromatic rings. The Morgan fingerprint density at radius 2 is 1.57 bits per heavy atom. The van der Waals surface area contributed by atoms with Crippen LogP contribution in [0.4, 0.5) is 0 Å². The van der Waals surface area contributed by atoms with Gasteiger partial charge >= 0.3 is 0 Å². The maximum atomic E-state index is 11.6. The molecule has 3 heterocycles. The van der Waals surface area contributed by atoms with Gasteiger partial charge in [-0.05, 0) is 101 Å². The number of aromatic nitrogens is 1. The maximum Gasteiger partial charge on any atom is 0.248 e. The molecule has 2 aliphatic heterocycles. The smallest absolute Gasteiger partial charge is 0.248 e. The summed E-state index contributed by atoms with van der Waals surface area (Å²) in [5.74, 6) is 0.939. The van der Waals surface area contributed by atoms with Gasteiger partial charge in [0.05, 0.1) is 11.6 Å². The molecule has 2 fully saturated rings. The number of phenolic OH excluding ortho intramolecular Hbond substituents is 1. The first-order valence-corrected chi connectivity index (χ1v) is 13.7. The number of hydrogen-bond donors (Lipinski definition) is 4. The second kappa shape index (κ2) is 12.9. The Labute approximate surface area is 209 Å². The Kier molecular flexibility index (Phi) is 9.60. The van der Waals surface area contributed by atoms with Gasteiger partial charge in [0.1, 0.15) is 5.75 Å². The molecule has 0 radical (unpaired) electrons. The van der Waals surface area contributed by atoms with Gasteiger partial charge in [-0.15, -0.1) is 0 Å². The van der Waals surface area contributed by atoms with Gasteiger partial charge in [0.15, 0.2) is 0 Å². The van der Waals surface area contributed by atoms with Crippen LogP contribution in [0, 0.1) is 5.92 Å². The maximum absolute atomic E-state index is 11.6. The van der Waals surface area contributed by atoms with Crippen molar-refractivity contribution in [1.82, 2.24) is 20.1 Å². The van der Waals surface area contributed by atoms with E-state index in [2.05, 4.69) is 27.0 Å². The Bertz CT molecular complexity index is 978. The van der Waals surface area contributed by atoms with E-state index in [0.29, 0.717) is 29.1 Å². The number of likely N-dealkylation sites (tertiary alicyclic amines) is 2. The Morgan fingerprint density at radius 1 is 0.943 bits per heavy atom. The third-order valence-corrected chi connectivity index (χ3v) is 8.03. The quantitative estimate of drug-likeness (QED) is 0.364. The van der Waals surface area contributed by atoms with Gasteiger partial charge in [-0.25, -0.2) is 0 Å². The molecular formula is C28H44N4O3. The summed E-state index contributed by atoms with van der Waals surface area (Å²) in [7, 11) is 0. The van der Waals surface area contributed by atoms with Crippen LogP contribution in [0.5, 0.6) is 5.75 Å². The van der Waals surface area contributed by atoms with Crippen LogP contribution in [-0.2, 0) is 0 Å². The molecule has 0 bridgehead atoms. The van der Waals surface area contributed by atoms with Crippen LogP contribution in [0.15, 0.2) is 29.1 Å². The van der Waals surface area contributed by atoms with Crippen LogP contribution >= 0.6 is 0 Å². The molecule has 194 valence electrons. The lowest BCUT2D eigenvalue weighted by atomic mass is 9.99. The number of aromatic hydroxyl groups is 1. The summed E-state index contributed by atoms with van der Waals surface area (Å²) < 4.78 is 0. The van der Waals surface area contributed by atoms with Gasteiger partial charge in [-0.3, -0.25) is 4.79 Å². The average molecular weight is 485 g/mol. The number of hydrogen-bond acceptors (Lipinski definition) is 6. The molecule has 4 N–H and O–H groups in total. The van der Waals surface area contributed by atoms with Crippen LogP contribution in [0.2, 0.25) is 0 Å². The molecule has 1 atom stereocenters. The Balaban J connectivity index is 1.10. The van der Waals surface area contributed by atoms with E-state index in [1.807, 2.05) is 0 Å². The zero-order chi connectivity index (χ0) is 24.6. The topological polar surface area (TPSA) is 91.8 Å². The molecular weight excluding hydrogens is 440 g/mol. The zero-order valence-electron chi connectivity index (χ0n) is 21.3. The third kappa shape index (κ3) is 7.53. The van der Waals surface area contributed by atoms with Crippen LogP contribution < -0.4 is 10.9 Å². The number of H-pyrrole nitrogens is 1. The number of aliphatic hydroxyl groups is 1. The fraction of sp³-hybridized carbons (Fsp3) is 0.679. The van der Waals surface area contributed by atoms with E-state index < -0.39 is 6.10 Å². The second-order valence-electron chi connectivity index (χ2n) is 10.8. The van der Waals surface area contributed by atoms with Crippen molar-refractivity contribution < 1.29 is 10.2 Å². The largest absolute Gasteiger partial charge is 0.506 e. The van der Waals surface area contributed by atoms with Gasteiger partial charge < -0.3 is 30.3 Å². The minimum atomic E-state index is -0.699. The van der Waals surface area contributed by atoms with Crippen molar-refractivity contribution in [3.63, 3.8) is 0 Å². The first-order valence-electron chi connectivity index (χ1n) is 13.7. The Morgan fingerprint density at radius 3 is 2.23 bits per heavy atom. The summed E-state index contributed by atoms with van der Waals surface area (Å²) in [6.07, 6.45) is 9.57. The molecule has 1 aromatic heterocycles. The van der Waals surface area contributed by atoms with Crippen LogP contribution in [0.25, 0.3) is 10.9 Å². The number of piperidine rings is 2. The molecule has 0 unspecified atom stereocenters. The number of nitrogens with one attached hydrogen (secondary N) is 2. The summed E-state index contributed by atoms with van der Waals surface area (Å²) in [5, 5.41) is 25.1. The summed E-state index contributed by atoms with van der Waals surface area (Å²) >= 11 is 0. The molecule has 2 saturated heterocycles. The summed E-state index contributed by atoms with van der Waals surface area (Å²) in [6.45, 7) is 10.2.